The Balaban J connectivity index is 1.58. The van der Waals surface area contributed by atoms with Crippen LogP contribution < -0.4 is 5.32 Å². The van der Waals surface area contributed by atoms with Gasteiger partial charge in [-0.1, -0.05) is 54.1 Å². The van der Waals surface area contributed by atoms with E-state index in [9.17, 15) is 4.79 Å². The van der Waals surface area contributed by atoms with Gasteiger partial charge in [0.2, 0.25) is 0 Å². The quantitative estimate of drug-likeness (QED) is 0.367. The first-order chi connectivity index (χ1) is 17.1. The largest absolute Gasteiger partial charge is 0.395 e. The molecule has 1 amide bonds. The molecule has 4 aromatic rings. The average Bonchev–Trinajstić information content (AvgIpc) is 3.64. The molecule has 7 nitrogen and oxygen atoms in total. The summed E-state index contributed by atoms with van der Waals surface area (Å²) in [5, 5.41) is 25.4. The Kier molecular flexibility index (Phi) is 6.85. The van der Waals surface area contributed by atoms with Gasteiger partial charge in [0.1, 0.15) is 0 Å². The van der Waals surface area contributed by atoms with Gasteiger partial charge in [-0.3, -0.25) is 4.79 Å². The molecule has 0 spiro atoms. The number of aliphatic hydroxyl groups excluding tert-OH is 1. The molecule has 0 aliphatic carbocycles. The first-order valence-electron chi connectivity index (χ1n) is 11.6. The zero-order valence-corrected chi connectivity index (χ0v) is 20.3. The fourth-order valence-electron chi connectivity index (χ4n) is 4.21. The van der Waals surface area contributed by atoms with Crippen molar-refractivity contribution in [3.05, 3.63) is 94.3 Å². The summed E-state index contributed by atoms with van der Waals surface area (Å²) >= 11 is 1.62. The molecule has 35 heavy (non-hydrogen) atoms. The summed E-state index contributed by atoms with van der Waals surface area (Å²) in [7, 11) is 0. The fraction of sp³-hybridized carbons (Fsp3) is 0.222. The van der Waals surface area contributed by atoms with E-state index < -0.39 is 0 Å². The van der Waals surface area contributed by atoms with Crippen LogP contribution >= 0.6 is 11.3 Å². The van der Waals surface area contributed by atoms with Crippen LogP contribution in [0, 0.1) is 6.92 Å². The maximum absolute atomic E-state index is 13.2. The Morgan fingerprint density at radius 1 is 1.11 bits per heavy atom. The Labute approximate surface area is 208 Å². The topological polar surface area (TPSA) is 82.8 Å². The molecule has 0 saturated heterocycles. The number of aryl methyl sites for hydroxylation is 1. The van der Waals surface area contributed by atoms with E-state index in [-0.39, 0.29) is 25.1 Å². The van der Waals surface area contributed by atoms with Crippen molar-refractivity contribution in [3.63, 3.8) is 0 Å². The van der Waals surface area contributed by atoms with E-state index in [1.807, 2.05) is 58.7 Å². The molecule has 2 N–H and O–H groups in total. The number of rotatable bonds is 8. The number of carbonyl (C=O) groups excluding carboxylic acids is 1. The van der Waals surface area contributed by atoms with Crippen molar-refractivity contribution in [2.45, 2.75) is 19.4 Å². The molecule has 2 aromatic carbocycles. The Bertz CT molecular complexity index is 1310. The number of benzene rings is 2. The highest BCUT2D eigenvalue weighted by Crippen LogP contribution is 2.38. The predicted octanol–water partition coefficient (Wildman–Crippen LogP) is 4.17. The molecule has 0 radical (unpaired) electrons. The van der Waals surface area contributed by atoms with Gasteiger partial charge in [-0.25, -0.2) is 9.69 Å². The minimum Gasteiger partial charge on any atom is -0.395 e. The van der Waals surface area contributed by atoms with Crippen molar-refractivity contribution in [3.8, 4) is 16.9 Å². The second-order valence-corrected chi connectivity index (χ2v) is 9.41. The highest BCUT2D eigenvalue weighted by atomic mass is 32.1. The van der Waals surface area contributed by atoms with Crippen molar-refractivity contribution in [2.24, 2.45) is 5.10 Å². The van der Waals surface area contributed by atoms with E-state index in [1.54, 1.807) is 16.3 Å². The predicted molar refractivity (Wildman–Crippen MR) is 139 cm³/mol. The van der Waals surface area contributed by atoms with Crippen molar-refractivity contribution >= 4 is 23.0 Å². The first kappa shape index (κ1) is 23.2. The van der Waals surface area contributed by atoms with Crippen LogP contribution in [-0.4, -0.2) is 51.2 Å². The third-order valence-electron chi connectivity index (χ3n) is 5.98. The molecule has 5 rings (SSSR count). The van der Waals surface area contributed by atoms with E-state index in [2.05, 4.69) is 36.5 Å². The van der Waals surface area contributed by atoms with E-state index >= 15 is 0 Å². The van der Waals surface area contributed by atoms with Crippen LogP contribution in [0.3, 0.4) is 0 Å². The number of para-hydroxylation sites is 1. The zero-order valence-electron chi connectivity index (χ0n) is 19.5. The Hall–Kier alpha value is -3.59. The van der Waals surface area contributed by atoms with Crippen LogP contribution in [0.2, 0.25) is 0 Å². The highest BCUT2D eigenvalue weighted by molar-refractivity contribution is 7.12. The van der Waals surface area contributed by atoms with Gasteiger partial charge in [0.15, 0.2) is 0 Å². The monoisotopic (exact) mass is 485 g/mol. The molecule has 0 saturated carbocycles. The van der Waals surface area contributed by atoms with Gasteiger partial charge in [0.25, 0.3) is 5.91 Å². The fourth-order valence-corrected chi connectivity index (χ4v) is 4.93. The summed E-state index contributed by atoms with van der Waals surface area (Å²) in [4.78, 5) is 14.3. The summed E-state index contributed by atoms with van der Waals surface area (Å²) in [5.41, 5.74) is 5.80. The van der Waals surface area contributed by atoms with E-state index in [0.717, 1.165) is 33.1 Å². The molecule has 1 aliphatic rings. The van der Waals surface area contributed by atoms with Crippen LogP contribution in [0.15, 0.2) is 83.4 Å². The maximum Gasteiger partial charge on any atom is 0.257 e. The molecule has 0 unspecified atom stereocenters. The third kappa shape index (κ3) is 4.95. The third-order valence-corrected chi connectivity index (χ3v) is 6.90. The number of amides is 1. The van der Waals surface area contributed by atoms with Gasteiger partial charge < -0.3 is 10.4 Å². The average molecular weight is 486 g/mol. The summed E-state index contributed by atoms with van der Waals surface area (Å²) in [6.45, 7) is 2.49. The number of thiophene rings is 1. The molecule has 1 aliphatic heterocycles. The van der Waals surface area contributed by atoms with Gasteiger partial charge in [-0.05, 0) is 30.5 Å². The SMILES string of the molecule is Cc1ccc(-c2nn(-c3ccccc3)cc2[C@H]2CC(c3cccs3)=NN2C(=O)CNCCO)cc1. The van der Waals surface area contributed by atoms with Crippen LogP contribution in [0.25, 0.3) is 16.9 Å². The molecule has 1 atom stereocenters. The van der Waals surface area contributed by atoms with Crippen molar-refractivity contribution < 1.29 is 9.90 Å². The van der Waals surface area contributed by atoms with Gasteiger partial charge in [-0.2, -0.15) is 10.2 Å². The lowest BCUT2D eigenvalue weighted by Gasteiger charge is -2.22. The van der Waals surface area contributed by atoms with Gasteiger partial charge in [-0.15, -0.1) is 11.3 Å². The first-order valence-corrected chi connectivity index (χ1v) is 12.5. The van der Waals surface area contributed by atoms with Gasteiger partial charge in [0.05, 0.1) is 41.2 Å². The smallest absolute Gasteiger partial charge is 0.257 e. The lowest BCUT2D eigenvalue weighted by molar-refractivity contribution is -0.132. The summed E-state index contributed by atoms with van der Waals surface area (Å²) < 4.78 is 1.88. The number of aliphatic hydroxyl groups is 1. The maximum atomic E-state index is 13.2. The number of carbonyl (C=O) groups is 1. The minimum atomic E-state index is -0.288. The second kappa shape index (κ2) is 10.4. The normalized spacial score (nSPS) is 15.4. The van der Waals surface area contributed by atoms with Gasteiger partial charge in [0, 0.05) is 30.3 Å². The molecule has 0 fully saturated rings. The van der Waals surface area contributed by atoms with Gasteiger partial charge >= 0.3 is 0 Å². The zero-order chi connectivity index (χ0) is 24.2. The number of aromatic nitrogens is 2. The van der Waals surface area contributed by atoms with Crippen molar-refractivity contribution in [1.82, 2.24) is 20.1 Å². The van der Waals surface area contributed by atoms with E-state index in [4.69, 9.17) is 15.3 Å². The molecule has 0 bridgehead atoms. The summed E-state index contributed by atoms with van der Waals surface area (Å²) in [6, 6.07) is 22.0. The number of nitrogens with one attached hydrogen (secondary N) is 1. The lowest BCUT2D eigenvalue weighted by Crippen LogP contribution is -2.36. The lowest BCUT2D eigenvalue weighted by atomic mass is 9.98. The van der Waals surface area contributed by atoms with Crippen LogP contribution in [-0.2, 0) is 4.79 Å². The molecule has 2 aromatic heterocycles. The number of hydrogen-bond donors (Lipinski definition) is 2. The van der Waals surface area contributed by atoms with Crippen LogP contribution in [0.5, 0.6) is 0 Å². The Morgan fingerprint density at radius 3 is 2.63 bits per heavy atom. The molecular weight excluding hydrogens is 458 g/mol. The van der Waals surface area contributed by atoms with Crippen LogP contribution in [0.1, 0.15) is 28.5 Å². The summed E-state index contributed by atoms with van der Waals surface area (Å²) in [6.07, 6.45) is 2.62. The molecule has 3 heterocycles. The number of hydrogen-bond acceptors (Lipinski definition) is 6. The molecular formula is C27H27N5O2S. The second-order valence-electron chi connectivity index (χ2n) is 8.46. The van der Waals surface area contributed by atoms with Crippen molar-refractivity contribution in [1.29, 1.82) is 0 Å². The minimum absolute atomic E-state index is 0.0260. The summed E-state index contributed by atoms with van der Waals surface area (Å²) in [5.74, 6) is -0.141. The molecule has 8 heteroatoms. The highest BCUT2D eigenvalue weighted by Gasteiger charge is 2.36. The number of hydrazone groups is 1. The van der Waals surface area contributed by atoms with Crippen molar-refractivity contribution in [2.75, 3.05) is 19.7 Å². The molecule has 178 valence electrons. The van der Waals surface area contributed by atoms with E-state index in [0.29, 0.717) is 13.0 Å². The Morgan fingerprint density at radius 2 is 1.91 bits per heavy atom. The van der Waals surface area contributed by atoms with E-state index in [1.165, 1.54) is 5.56 Å². The standard InChI is InChI=1S/C27H27N5O2S/c1-19-9-11-20(12-10-19)27-22(18-31(30-27)21-6-3-2-4-7-21)24-16-23(25-8-5-15-35-25)29-32(24)26(34)17-28-13-14-33/h2-12,15,18,24,28,33H,13-14,16-17H2,1H3/t24-/m1/s1. The number of nitrogens with zero attached hydrogens (tertiary/aromatic N) is 4. The van der Waals surface area contributed by atoms with Crippen LogP contribution in [0.4, 0.5) is 0 Å².